The van der Waals surface area contributed by atoms with Gasteiger partial charge in [-0.1, -0.05) is 12.7 Å². The molecule has 0 fully saturated rings. The molecule has 0 aliphatic rings. The molecule has 1 N–H and O–H groups in total. The van der Waals surface area contributed by atoms with Crippen LogP contribution in [0.5, 0.6) is 11.5 Å². The molecule has 2 aromatic rings. The molecule has 4 heteroatoms. The summed E-state index contributed by atoms with van der Waals surface area (Å²) in [4.78, 5) is 12.1. The van der Waals surface area contributed by atoms with Crippen molar-refractivity contribution in [3.8, 4) is 11.5 Å². The van der Waals surface area contributed by atoms with Gasteiger partial charge in [-0.2, -0.15) is 0 Å². The van der Waals surface area contributed by atoms with Gasteiger partial charge >= 0.3 is 0 Å². The molecule has 0 bridgehead atoms. The molecule has 0 spiro atoms. The van der Waals surface area contributed by atoms with E-state index in [4.69, 9.17) is 9.47 Å². The lowest BCUT2D eigenvalue weighted by molar-refractivity contribution is 0.102. The molecule has 0 aliphatic heterocycles. The predicted octanol–water partition coefficient (Wildman–Crippen LogP) is 3.51. The quantitative estimate of drug-likeness (QED) is 0.825. The van der Waals surface area contributed by atoms with Crippen LogP contribution < -0.4 is 14.8 Å². The van der Waals surface area contributed by atoms with Crippen molar-refractivity contribution in [2.24, 2.45) is 0 Å². The van der Waals surface area contributed by atoms with E-state index in [0.29, 0.717) is 23.6 Å². The number of nitrogens with one attached hydrogen (secondary N) is 1. The first kappa shape index (κ1) is 14.7. The number of carbonyl (C=O) groups is 1. The highest BCUT2D eigenvalue weighted by Gasteiger charge is 2.06. The standard InChI is InChI=1S/C17H17NO3/c1-3-12-21-16-8-4-13(5-9-16)17(19)18-14-6-10-15(20-2)11-7-14/h3-11H,1,12H2,2H3,(H,18,19). The Hall–Kier alpha value is -2.75. The van der Waals surface area contributed by atoms with Crippen molar-refractivity contribution in [1.29, 1.82) is 0 Å². The van der Waals surface area contributed by atoms with Crippen LogP contribution in [0.15, 0.2) is 61.2 Å². The van der Waals surface area contributed by atoms with Gasteiger partial charge in [-0.15, -0.1) is 0 Å². The largest absolute Gasteiger partial charge is 0.497 e. The van der Waals surface area contributed by atoms with E-state index in [-0.39, 0.29) is 5.91 Å². The second-order valence-electron chi connectivity index (χ2n) is 4.31. The van der Waals surface area contributed by atoms with E-state index in [1.54, 1.807) is 61.7 Å². The number of hydrogen-bond acceptors (Lipinski definition) is 3. The van der Waals surface area contributed by atoms with Crippen LogP contribution in [0.4, 0.5) is 5.69 Å². The number of hydrogen-bond donors (Lipinski definition) is 1. The molecular formula is C17H17NO3. The summed E-state index contributed by atoms with van der Waals surface area (Å²) in [5, 5.41) is 2.82. The van der Waals surface area contributed by atoms with Gasteiger partial charge in [-0.25, -0.2) is 0 Å². The van der Waals surface area contributed by atoms with E-state index in [1.807, 2.05) is 0 Å². The predicted molar refractivity (Wildman–Crippen MR) is 83.1 cm³/mol. The maximum Gasteiger partial charge on any atom is 0.255 e. The third kappa shape index (κ3) is 4.11. The lowest BCUT2D eigenvalue weighted by Crippen LogP contribution is -2.11. The lowest BCUT2D eigenvalue weighted by Gasteiger charge is -2.07. The van der Waals surface area contributed by atoms with Gasteiger partial charge in [-0.05, 0) is 48.5 Å². The van der Waals surface area contributed by atoms with Crippen molar-refractivity contribution < 1.29 is 14.3 Å². The average Bonchev–Trinajstić information content (AvgIpc) is 2.54. The summed E-state index contributed by atoms with van der Waals surface area (Å²) in [5.74, 6) is 1.28. The summed E-state index contributed by atoms with van der Waals surface area (Å²) in [6.45, 7) is 4.02. The van der Waals surface area contributed by atoms with E-state index in [2.05, 4.69) is 11.9 Å². The third-order valence-electron chi connectivity index (χ3n) is 2.83. The molecule has 0 saturated carbocycles. The molecule has 0 unspecified atom stereocenters. The summed E-state index contributed by atoms with van der Waals surface area (Å²) in [5.41, 5.74) is 1.28. The summed E-state index contributed by atoms with van der Waals surface area (Å²) >= 11 is 0. The van der Waals surface area contributed by atoms with Gasteiger partial charge in [-0.3, -0.25) is 4.79 Å². The number of anilines is 1. The number of carbonyl (C=O) groups excluding carboxylic acids is 1. The molecule has 0 aliphatic carbocycles. The van der Waals surface area contributed by atoms with Gasteiger partial charge in [0.25, 0.3) is 5.91 Å². The second kappa shape index (κ2) is 7.14. The van der Waals surface area contributed by atoms with E-state index in [9.17, 15) is 4.79 Å². The molecule has 2 rings (SSSR count). The zero-order chi connectivity index (χ0) is 15.1. The average molecular weight is 283 g/mol. The fourth-order valence-electron chi connectivity index (χ4n) is 1.74. The second-order valence-corrected chi connectivity index (χ2v) is 4.31. The Morgan fingerprint density at radius 2 is 1.71 bits per heavy atom. The Kier molecular flexibility index (Phi) is 4.99. The minimum Gasteiger partial charge on any atom is -0.497 e. The van der Waals surface area contributed by atoms with Crippen LogP contribution in [-0.2, 0) is 0 Å². The molecule has 0 atom stereocenters. The number of methoxy groups -OCH3 is 1. The van der Waals surface area contributed by atoms with Gasteiger partial charge in [0.2, 0.25) is 0 Å². The number of amides is 1. The normalized spacial score (nSPS) is 9.76. The van der Waals surface area contributed by atoms with Crippen molar-refractivity contribution >= 4 is 11.6 Å². The molecule has 4 nitrogen and oxygen atoms in total. The highest BCUT2D eigenvalue weighted by atomic mass is 16.5. The first-order chi connectivity index (χ1) is 10.2. The number of rotatable bonds is 6. The Morgan fingerprint density at radius 1 is 1.10 bits per heavy atom. The van der Waals surface area contributed by atoms with Crippen LogP contribution in [0.2, 0.25) is 0 Å². The van der Waals surface area contributed by atoms with Crippen molar-refractivity contribution in [3.05, 3.63) is 66.7 Å². The first-order valence-corrected chi connectivity index (χ1v) is 6.52. The Morgan fingerprint density at radius 3 is 2.29 bits per heavy atom. The summed E-state index contributed by atoms with van der Waals surface area (Å²) in [6.07, 6.45) is 1.67. The summed E-state index contributed by atoms with van der Waals surface area (Å²) in [6, 6.07) is 14.1. The van der Waals surface area contributed by atoms with E-state index in [1.165, 1.54) is 0 Å². The topological polar surface area (TPSA) is 47.6 Å². The van der Waals surface area contributed by atoms with E-state index < -0.39 is 0 Å². The van der Waals surface area contributed by atoms with Crippen molar-refractivity contribution in [2.45, 2.75) is 0 Å². The molecule has 0 aromatic heterocycles. The van der Waals surface area contributed by atoms with Crippen LogP contribution in [0.1, 0.15) is 10.4 Å². The van der Waals surface area contributed by atoms with Crippen LogP contribution >= 0.6 is 0 Å². The SMILES string of the molecule is C=CCOc1ccc(C(=O)Nc2ccc(OC)cc2)cc1. The maximum absolute atomic E-state index is 12.1. The van der Waals surface area contributed by atoms with Gasteiger partial charge in [0.1, 0.15) is 18.1 Å². The molecular weight excluding hydrogens is 266 g/mol. The van der Waals surface area contributed by atoms with Crippen molar-refractivity contribution in [3.63, 3.8) is 0 Å². The fraction of sp³-hybridized carbons (Fsp3) is 0.118. The lowest BCUT2D eigenvalue weighted by atomic mass is 10.2. The van der Waals surface area contributed by atoms with Crippen LogP contribution in [-0.4, -0.2) is 19.6 Å². The summed E-state index contributed by atoms with van der Waals surface area (Å²) < 4.78 is 10.4. The van der Waals surface area contributed by atoms with Crippen molar-refractivity contribution in [2.75, 3.05) is 19.0 Å². The first-order valence-electron chi connectivity index (χ1n) is 6.52. The smallest absolute Gasteiger partial charge is 0.255 e. The molecule has 0 saturated heterocycles. The Bertz CT molecular complexity index is 603. The molecule has 0 heterocycles. The van der Waals surface area contributed by atoms with E-state index in [0.717, 1.165) is 5.75 Å². The molecule has 2 aromatic carbocycles. The summed E-state index contributed by atoms with van der Waals surface area (Å²) in [7, 11) is 1.60. The Balaban J connectivity index is 2.00. The van der Waals surface area contributed by atoms with Gasteiger partial charge < -0.3 is 14.8 Å². The third-order valence-corrected chi connectivity index (χ3v) is 2.83. The van der Waals surface area contributed by atoms with E-state index >= 15 is 0 Å². The highest BCUT2D eigenvalue weighted by molar-refractivity contribution is 6.04. The Labute approximate surface area is 124 Å². The zero-order valence-electron chi connectivity index (χ0n) is 11.8. The molecule has 1 amide bonds. The molecule has 108 valence electrons. The number of benzene rings is 2. The van der Waals surface area contributed by atoms with Gasteiger partial charge in [0.15, 0.2) is 0 Å². The molecule has 0 radical (unpaired) electrons. The number of ether oxygens (including phenoxy) is 2. The minimum atomic E-state index is -0.171. The van der Waals surface area contributed by atoms with Crippen LogP contribution in [0, 0.1) is 0 Å². The molecule has 21 heavy (non-hydrogen) atoms. The maximum atomic E-state index is 12.1. The monoisotopic (exact) mass is 283 g/mol. The van der Waals surface area contributed by atoms with Gasteiger partial charge in [0, 0.05) is 11.3 Å². The van der Waals surface area contributed by atoms with Gasteiger partial charge in [0.05, 0.1) is 7.11 Å². The minimum absolute atomic E-state index is 0.171. The highest BCUT2D eigenvalue weighted by Crippen LogP contribution is 2.17. The fourth-order valence-corrected chi connectivity index (χ4v) is 1.74. The zero-order valence-corrected chi connectivity index (χ0v) is 11.8. The van der Waals surface area contributed by atoms with Crippen molar-refractivity contribution in [1.82, 2.24) is 0 Å². The van der Waals surface area contributed by atoms with Crippen LogP contribution in [0.25, 0.3) is 0 Å². The van der Waals surface area contributed by atoms with Crippen LogP contribution in [0.3, 0.4) is 0 Å².